The highest BCUT2D eigenvalue weighted by Crippen LogP contribution is 2.47. The molecule has 2 heterocycles. The number of carbonyl (C=O) groups is 1. The number of para-hydroxylation sites is 1. The van der Waals surface area contributed by atoms with E-state index in [4.69, 9.17) is 0 Å². The standard InChI is InChI=1S/C22H31N3O3S/c1-22(11-12-22)21(26)24-14-17-19(15-24)25(13-16-7-3-2-4-8-16)18-9-5-6-10-20(18)29(27,28)23-17/h5-6,9-10,16-17,19,23H,2-4,7-8,11-15H2,1H3. The van der Waals surface area contributed by atoms with E-state index in [1.807, 2.05) is 24.0 Å². The van der Waals surface area contributed by atoms with Crippen LogP contribution in [0.3, 0.4) is 0 Å². The van der Waals surface area contributed by atoms with Crippen molar-refractivity contribution < 1.29 is 13.2 Å². The van der Waals surface area contributed by atoms with E-state index >= 15 is 0 Å². The maximum Gasteiger partial charge on any atom is 0.243 e. The first-order valence-electron chi connectivity index (χ1n) is 11.0. The number of rotatable bonds is 3. The van der Waals surface area contributed by atoms with E-state index in [1.165, 1.54) is 32.1 Å². The summed E-state index contributed by atoms with van der Waals surface area (Å²) in [7, 11) is -3.61. The van der Waals surface area contributed by atoms with Crippen molar-refractivity contribution in [2.75, 3.05) is 24.5 Å². The van der Waals surface area contributed by atoms with Crippen LogP contribution in [0.1, 0.15) is 51.9 Å². The van der Waals surface area contributed by atoms with Crippen LogP contribution < -0.4 is 9.62 Å². The van der Waals surface area contributed by atoms with Crippen LogP contribution in [0.15, 0.2) is 29.2 Å². The first-order chi connectivity index (χ1) is 13.9. The van der Waals surface area contributed by atoms with Gasteiger partial charge in [0.15, 0.2) is 0 Å². The second-order valence-electron chi connectivity index (χ2n) is 9.69. The molecule has 2 saturated carbocycles. The minimum Gasteiger partial charge on any atom is -0.364 e. The molecule has 1 N–H and O–H groups in total. The molecular formula is C22H31N3O3S. The van der Waals surface area contributed by atoms with Gasteiger partial charge in [-0.2, -0.15) is 0 Å². The fraction of sp³-hybridized carbons (Fsp3) is 0.682. The lowest BCUT2D eigenvalue weighted by Crippen LogP contribution is -2.50. The number of carbonyl (C=O) groups excluding carboxylic acids is 1. The predicted molar refractivity (Wildman–Crippen MR) is 112 cm³/mol. The number of anilines is 1. The molecule has 158 valence electrons. The number of hydrogen-bond donors (Lipinski definition) is 1. The Kier molecular flexibility index (Phi) is 4.66. The molecule has 5 rings (SSSR count). The summed E-state index contributed by atoms with van der Waals surface area (Å²) in [6.07, 6.45) is 8.11. The van der Waals surface area contributed by atoms with Crippen molar-refractivity contribution in [3.8, 4) is 0 Å². The largest absolute Gasteiger partial charge is 0.364 e. The summed E-state index contributed by atoms with van der Waals surface area (Å²) in [5.41, 5.74) is 0.569. The maximum absolute atomic E-state index is 13.1. The molecule has 6 nitrogen and oxygen atoms in total. The van der Waals surface area contributed by atoms with Crippen molar-refractivity contribution in [1.29, 1.82) is 0 Å². The van der Waals surface area contributed by atoms with Crippen molar-refractivity contribution in [2.24, 2.45) is 11.3 Å². The smallest absolute Gasteiger partial charge is 0.243 e. The van der Waals surface area contributed by atoms with Gasteiger partial charge in [-0.3, -0.25) is 4.79 Å². The van der Waals surface area contributed by atoms with Crippen LogP contribution in [-0.2, 0) is 14.8 Å². The topological polar surface area (TPSA) is 69.7 Å². The molecule has 7 heteroatoms. The number of amides is 1. The summed E-state index contributed by atoms with van der Waals surface area (Å²) < 4.78 is 29.2. The molecule has 2 atom stereocenters. The summed E-state index contributed by atoms with van der Waals surface area (Å²) in [4.78, 5) is 17.6. The van der Waals surface area contributed by atoms with Gasteiger partial charge in [0.05, 0.1) is 17.8 Å². The Morgan fingerprint density at radius 1 is 1.14 bits per heavy atom. The van der Waals surface area contributed by atoms with Gasteiger partial charge < -0.3 is 9.80 Å². The zero-order valence-electron chi connectivity index (χ0n) is 17.1. The van der Waals surface area contributed by atoms with Gasteiger partial charge in [-0.1, -0.05) is 38.3 Å². The summed E-state index contributed by atoms with van der Waals surface area (Å²) in [6, 6.07) is 7.09. The molecule has 1 amide bonds. The predicted octanol–water partition coefficient (Wildman–Crippen LogP) is 2.74. The lowest BCUT2D eigenvalue weighted by atomic mass is 9.88. The summed E-state index contributed by atoms with van der Waals surface area (Å²) in [6.45, 7) is 3.97. The number of likely N-dealkylation sites (tertiary alicyclic amines) is 1. The molecule has 2 aliphatic heterocycles. The SMILES string of the molecule is CC1(C(=O)N2CC3NS(=O)(=O)c4ccccc4N(CC4CCCCC4)C3C2)CC1. The monoisotopic (exact) mass is 417 g/mol. The Balaban J connectivity index is 1.50. The van der Waals surface area contributed by atoms with E-state index in [9.17, 15) is 13.2 Å². The van der Waals surface area contributed by atoms with Crippen LogP contribution in [0, 0.1) is 11.3 Å². The second-order valence-corrected chi connectivity index (χ2v) is 11.4. The van der Waals surface area contributed by atoms with Gasteiger partial charge in [0, 0.05) is 25.0 Å². The van der Waals surface area contributed by atoms with Crippen molar-refractivity contribution in [3.05, 3.63) is 24.3 Å². The fourth-order valence-corrected chi connectivity index (χ4v) is 6.89. The normalized spacial score (nSPS) is 30.4. The van der Waals surface area contributed by atoms with E-state index in [0.29, 0.717) is 23.9 Å². The molecule has 4 aliphatic rings. The van der Waals surface area contributed by atoms with Gasteiger partial charge in [0.25, 0.3) is 0 Å². The van der Waals surface area contributed by atoms with Crippen molar-refractivity contribution in [3.63, 3.8) is 0 Å². The number of hydrogen-bond acceptors (Lipinski definition) is 4. The third-order valence-electron chi connectivity index (χ3n) is 7.44. The van der Waals surface area contributed by atoms with Crippen LogP contribution in [0.2, 0.25) is 0 Å². The highest BCUT2D eigenvalue weighted by atomic mass is 32.2. The van der Waals surface area contributed by atoms with Crippen LogP contribution in [0.5, 0.6) is 0 Å². The number of benzene rings is 1. The molecule has 0 aromatic heterocycles. The Labute approximate surface area is 173 Å². The van der Waals surface area contributed by atoms with Gasteiger partial charge in [0.1, 0.15) is 4.90 Å². The van der Waals surface area contributed by atoms with Gasteiger partial charge in [-0.25, -0.2) is 13.1 Å². The molecule has 29 heavy (non-hydrogen) atoms. The van der Waals surface area contributed by atoms with E-state index < -0.39 is 10.0 Å². The Morgan fingerprint density at radius 2 is 1.86 bits per heavy atom. The van der Waals surface area contributed by atoms with Crippen molar-refractivity contribution in [2.45, 2.75) is 68.8 Å². The second kappa shape index (κ2) is 6.98. The summed E-state index contributed by atoms with van der Waals surface area (Å²) >= 11 is 0. The number of nitrogens with zero attached hydrogens (tertiary/aromatic N) is 2. The van der Waals surface area contributed by atoms with Crippen LogP contribution in [0.4, 0.5) is 5.69 Å². The maximum atomic E-state index is 13.1. The molecule has 1 aromatic rings. The van der Waals surface area contributed by atoms with Crippen LogP contribution in [0.25, 0.3) is 0 Å². The average Bonchev–Trinajstić information content (AvgIpc) is 3.36. The van der Waals surface area contributed by atoms with Gasteiger partial charge in [0.2, 0.25) is 15.9 Å². The van der Waals surface area contributed by atoms with Crippen LogP contribution >= 0.6 is 0 Å². The molecule has 1 aromatic carbocycles. The van der Waals surface area contributed by atoms with E-state index in [0.717, 1.165) is 25.1 Å². The number of fused-ring (bicyclic) bond motifs is 2. The molecule has 0 spiro atoms. The van der Waals surface area contributed by atoms with Crippen molar-refractivity contribution >= 4 is 21.6 Å². The van der Waals surface area contributed by atoms with E-state index in [1.54, 1.807) is 12.1 Å². The highest BCUT2D eigenvalue weighted by Gasteiger charge is 2.52. The van der Waals surface area contributed by atoms with Gasteiger partial charge >= 0.3 is 0 Å². The molecule has 1 saturated heterocycles. The third kappa shape index (κ3) is 3.46. The molecule has 0 radical (unpaired) electrons. The summed E-state index contributed by atoms with van der Waals surface area (Å²) in [5, 5.41) is 0. The zero-order chi connectivity index (χ0) is 20.2. The molecule has 2 aliphatic carbocycles. The highest BCUT2D eigenvalue weighted by molar-refractivity contribution is 7.89. The lowest BCUT2D eigenvalue weighted by molar-refractivity contribution is -0.135. The van der Waals surface area contributed by atoms with E-state index in [2.05, 4.69) is 9.62 Å². The average molecular weight is 418 g/mol. The molecular weight excluding hydrogens is 386 g/mol. The summed E-state index contributed by atoms with van der Waals surface area (Å²) in [5.74, 6) is 0.777. The number of nitrogens with one attached hydrogen (secondary N) is 1. The minimum atomic E-state index is -3.61. The zero-order valence-corrected chi connectivity index (χ0v) is 18.0. The first-order valence-corrected chi connectivity index (χ1v) is 12.5. The molecule has 3 fully saturated rings. The third-order valence-corrected chi connectivity index (χ3v) is 8.98. The van der Waals surface area contributed by atoms with Crippen LogP contribution in [-0.4, -0.2) is 50.9 Å². The Hall–Kier alpha value is -1.60. The lowest BCUT2D eigenvalue weighted by Gasteiger charge is -2.36. The Morgan fingerprint density at radius 3 is 2.59 bits per heavy atom. The minimum absolute atomic E-state index is 0.0124. The van der Waals surface area contributed by atoms with Gasteiger partial charge in [-0.05, 0) is 43.7 Å². The van der Waals surface area contributed by atoms with E-state index in [-0.39, 0.29) is 23.4 Å². The van der Waals surface area contributed by atoms with Crippen molar-refractivity contribution in [1.82, 2.24) is 9.62 Å². The van der Waals surface area contributed by atoms with Gasteiger partial charge in [-0.15, -0.1) is 0 Å². The fourth-order valence-electron chi connectivity index (χ4n) is 5.41. The number of sulfonamides is 1. The molecule has 2 unspecified atom stereocenters. The quantitative estimate of drug-likeness (QED) is 0.821. The Bertz CT molecular complexity index is 906. The first kappa shape index (κ1) is 19.4. The molecule has 0 bridgehead atoms.